The summed E-state index contributed by atoms with van der Waals surface area (Å²) in [5, 5.41) is 0. The quantitative estimate of drug-likeness (QED) is 0.940. The summed E-state index contributed by atoms with van der Waals surface area (Å²) in [6.45, 7) is 1.96. The average Bonchev–Trinajstić information content (AvgIpc) is 2.38. The molecule has 0 aliphatic heterocycles. The second-order valence-electron chi connectivity index (χ2n) is 4.40. The fourth-order valence-electron chi connectivity index (χ4n) is 1.78. The van der Waals surface area contributed by atoms with Gasteiger partial charge in [0.1, 0.15) is 5.75 Å². The van der Waals surface area contributed by atoms with Crippen molar-refractivity contribution < 1.29 is 4.74 Å². The molecule has 0 aliphatic rings. The van der Waals surface area contributed by atoms with E-state index in [-0.39, 0.29) is 6.04 Å². The van der Waals surface area contributed by atoms with Gasteiger partial charge in [-0.25, -0.2) is 9.97 Å². The van der Waals surface area contributed by atoms with Gasteiger partial charge in [0, 0.05) is 29.9 Å². The summed E-state index contributed by atoms with van der Waals surface area (Å²) in [6.07, 6.45) is 2.50. The van der Waals surface area contributed by atoms with Gasteiger partial charge in [0.05, 0.1) is 11.6 Å². The highest BCUT2D eigenvalue weighted by Crippen LogP contribution is 2.29. The second-order valence-corrected chi connectivity index (χ2v) is 5.26. The van der Waals surface area contributed by atoms with Crippen LogP contribution < -0.4 is 10.5 Å². The molecule has 1 aromatic heterocycles. The van der Waals surface area contributed by atoms with Crippen molar-refractivity contribution in [2.75, 3.05) is 7.11 Å². The van der Waals surface area contributed by atoms with E-state index < -0.39 is 0 Å². The molecular weight excluding hydrogens is 306 g/mol. The Bertz CT molecular complexity index is 572. The average molecular weight is 322 g/mol. The van der Waals surface area contributed by atoms with Crippen molar-refractivity contribution in [3.8, 4) is 17.1 Å². The standard InChI is InChI=1S/C14H16BrN3O/c1-9(16)7-11-5-6-17-14(18-11)10-3-4-13(19-2)12(15)8-10/h3-6,8-9H,7,16H2,1-2H3. The van der Waals surface area contributed by atoms with Crippen LogP contribution in [0.5, 0.6) is 5.75 Å². The highest BCUT2D eigenvalue weighted by molar-refractivity contribution is 9.10. The van der Waals surface area contributed by atoms with Crippen molar-refractivity contribution in [3.05, 3.63) is 40.6 Å². The number of rotatable bonds is 4. The maximum Gasteiger partial charge on any atom is 0.159 e. The van der Waals surface area contributed by atoms with E-state index in [1.54, 1.807) is 13.3 Å². The van der Waals surface area contributed by atoms with Gasteiger partial charge < -0.3 is 10.5 Å². The number of hydrogen-bond acceptors (Lipinski definition) is 4. The van der Waals surface area contributed by atoms with E-state index in [2.05, 4.69) is 25.9 Å². The number of benzene rings is 1. The highest BCUT2D eigenvalue weighted by Gasteiger charge is 2.07. The van der Waals surface area contributed by atoms with Crippen LogP contribution in [0.1, 0.15) is 12.6 Å². The Kier molecular flexibility index (Phi) is 4.50. The Labute approximate surface area is 121 Å². The normalized spacial score (nSPS) is 12.2. The lowest BCUT2D eigenvalue weighted by Crippen LogP contribution is -2.18. The zero-order valence-electron chi connectivity index (χ0n) is 10.9. The lowest BCUT2D eigenvalue weighted by atomic mass is 10.1. The molecule has 1 unspecified atom stereocenters. The molecule has 0 saturated carbocycles. The first-order valence-corrected chi connectivity index (χ1v) is 6.81. The third kappa shape index (κ3) is 3.52. The summed E-state index contributed by atoms with van der Waals surface area (Å²) in [5.41, 5.74) is 7.69. The van der Waals surface area contributed by atoms with Crippen LogP contribution >= 0.6 is 15.9 Å². The van der Waals surface area contributed by atoms with Crippen LogP contribution in [-0.2, 0) is 6.42 Å². The van der Waals surface area contributed by atoms with Crippen molar-refractivity contribution in [3.63, 3.8) is 0 Å². The van der Waals surface area contributed by atoms with Crippen molar-refractivity contribution in [2.24, 2.45) is 5.73 Å². The Morgan fingerprint density at radius 3 is 2.79 bits per heavy atom. The number of hydrogen-bond donors (Lipinski definition) is 1. The smallest absolute Gasteiger partial charge is 0.159 e. The van der Waals surface area contributed by atoms with E-state index in [9.17, 15) is 0 Å². The van der Waals surface area contributed by atoms with Crippen LogP contribution in [0, 0.1) is 0 Å². The minimum Gasteiger partial charge on any atom is -0.496 e. The van der Waals surface area contributed by atoms with E-state index in [0.717, 1.165) is 27.9 Å². The topological polar surface area (TPSA) is 61.0 Å². The van der Waals surface area contributed by atoms with Gasteiger partial charge in [-0.1, -0.05) is 0 Å². The minimum atomic E-state index is 0.0883. The van der Waals surface area contributed by atoms with E-state index in [4.69, 9.17) is 10.5 Å². The van der Waals surface area contributed by atoms with Crippen molar-refractivity contribution in [2.45, 2.75) is 19.4 Å². The number of halogens is 1. The zero-order chi connectivity index (χ0) is 13.8. The molecule has 1 heterocycles. The van der Waals surface area contributed by atoms with Crippen molar-refractivity contribution in [1.29, 1.82) is 0 Å². The van der Waals surface area contributed by atoms with E-state index in [1.807, 2.05) is 31.2 Å². The first-order valence-electron chi connectivity index (χ1n) is 6.01. The fraction of sp³-hybridized carbons (Fsp3) is 0.286. The summed E-state index contributed by atoms with van der Waals surface area (Å²) in [4.78, 5) is 8.83. The maximum atomic E-state index is 5.79. The molecule has 0 aliphatic carbocycles. The van der Waals surface area contributed by atoms with Crippen molar-refractivity contribution >= 4 is 15.9 Å². The third-order valence-electron chi connectivity index (χ3n) is 2.65. The molecule has 0 radical (unpaired) electrons. The molecule has 0 bridgehead atoms. The van der Waals surface area contributed by atoms with Crippen LogP contribution in [0.4, 0.5) is 0 Å². The molecule has 4 nitrogen and oxygen atoms in total. The van der Waals surface area contributed by atoms with E-state index >= 15 is 0 Å². The third-order valence-corrected chi connectivity index (χ3v) is 3.27. The van der Waals surface area contributed by atoms with E-state index in [0.29, 0.717) is 5.82 Å². The van der Waals surface area contributed by atoms with E-state index in [1.165, 1.54) is 0 Å². The maximum absolute atomic E-state index is 5.79. The fourth-order valence-corrected chi connectivity index (χ4v) is 2.32. The lowest BCUT2D eigenvalue weighted by Gasteiger charge is -2.08. The molecule has 0 fully saturated rings. The number of methoxy groups -OCH3 is 1. The Balaban J connectivity index is 2.33. The Morgan fingerprint density at radius 1 is 1.37 bits per heavy atom. The zero-order valence-corrected chi connectivity index (χ0v) is 12.5. The number of nitrogens with zero attached hydrogens (tertiary/aromatic N) is 2. The molecule has 1 aromatic carbocycles. The molecule has 0 saturated heterocycles. The van der Waals surface area contributed by atoms with Crippen LogP contribution in [0.25, 0.3) is 11.4 Å². The first kappa shape index (κ1) is 14.0. The molecule has 2 aromatic rings. The highest BCUT2D eigenvalue weighted by atomic mass is 79.9. The summed E-state index contributed by atoms with van der Waals surface area (Å²) >= 11 is 3.46. The van der Waals surface area contributed by atoms with Crippen LogP contribution in [0.2, 0.25) is 0 Å². The monoisotopic (exact) mass is 321 g/mol. The van der Waals surface area contributed by atoms with Crippen LogP contribution in [0.15, 0.2) is 34.9 Å². The molecule has 5 heteroatoms. The number of ether oxygens (including phenoxy) is 1. The summed E-state index contributed by atoms with van der Waals surface area (Å²) in [5.74, 6) is 1.48. The molecule has 2 rings (SSSR count). The van der Waals surface area contributed by atoms with Gasteiger partial charge >= 0.3 is 0 Å². The molecule has 2 N–H and O–H groups in total. The number of nitrogens with two attached hydrogens (primary N) is 1. The van der Waals surface area contributed by atoms with Crippen molar-refractivity contribution in [1.82, 2.24) is 9.97 Å². The molecular formula is C14H16BrN3O. The summed E-state index contributed by atoms with van der Waals surface area (Å²) < 4.78 is 6.09. The Morgan fingerprint density at radius 2 is 2.16 bits per heavy atom. The summed E-state index contributed by atoms with van der Waals surface area (Å²) in [6, 6.07) is 7.76. The van der Waals surface area contributed by atoms with Gasteiger partial charge in [-0.05, 0) is 47.1 Å². The van der Waals surface area contributed by atoms with Gasteiger partial charge in [-0.3, -0.25) is 0 Å². The molecule has 19 heavy (non-hydrogen) atoms. The lowest BCUT2D eigenvalue weighted by molar-refractivity contribution is 0.412. The summed E-state index contributed by atoms with van der Waals surface area (Å²) in [7, 11) is 1.64. The molecule has 100 valence electrons. The van der Waals surface area contributed by atoms with Gasteiger partial charge in [0.2, 0.25) is 0 Å². The number of aromatic nitrogens is 2. The second kappa shape index (κ2) is 6.12. The first-order chi connectivity index (χ1) is 9.10. The van der Waals surface area contributed by atoms with Gasteiger partial charge in [0.25, 0.3) is 0 Å². The van der Waals surface area contributed by atoms with Gasteiger partial charge in [-0.2, -0.15) is 0 Å². The largest absolute Gasteiger partial charge is 0.496 e. The van der Waals surface area contributed by atoms with Crippen LogP contribution in [-0.4, -0.2) is 23.1 Å². The predicted octanol–water partition coefficient (Wildman–Crippen LogP) is 2.80. The minimum absolute atomic E-state index is 0.0883. The molecule has 0 amide bonds. The SMILES string of the molecule is COc1ccc(-c2nccc(CC(C)N)n2)cc1Br. The van der Waals surface area contributed by atoms with Gasteiger partial charge in [0.15, 0.2) is 5.82 Å². The molecule has 1 atom stereocenters. The molecule has 0 spiro atoms. The van der Waals surface area contributed by atoms with Gasteiger partial charge in [-0.15, -0.1) is 0 Å². The van der Waals surface area contributed by atoms with Crippen LogP contribution in [0.3, 0.4) is 0 Å². The predicted molar refractivity (Wildman–Crippen MR) is 79.1 cm³/mol. The Hall–Kier alpha value is -1.46.